The fourth-order valence-corrected chi connectivity index (χ4v) is 3.00. The lowest BCUT2D eigenvalue weighted by atomic mass is 10.2. The Bertz CT molecular complexity index is 654. The summed E-state index contributed by atoms with van der Waals surface area (Å²) < 4.78 is 5.65. The number of aromatic carboxylic acids is 1. The molecule has 0 aliphatic carbocycles. The first-order valence-corrected chi connectivity index (χ1v) is 7.75. The molecule has 1 heterocycles. The van der Waals surface area contributed by atoms with E-state index in [2.05, 4.69) is 4.98 Å². The number of aromatic nitrogens is 1. The molecule has 0 radical (unpaired) electrons. The van der Waals surface area contributed by atoms with Crippen molar-refractivity contribution in [3.63, 3.8) is 0 Å². The van der Waals surface area contributed by atoms with Gasteiger partial charge in [-0.25, -0.2) is 9.78 Å². The smallest absolute Gasteiger partial charge is 0.347 e. The largest absolute Gasteiger partial charge is 0.492 e. The van der Waals surface area contributed by atoms with Gasteiger partial charge >= 0.3 is 5.97 Å². The van der Waals surface area contributed by atoms with Gasteiger partial charge in [-0.05, 0) is 38.0 Å². The van der Waals surface area contributed by atoms with Crippen molar-refractivity contribution in [1.82, 2.24) is 4.98 Å². The minimum Gasteiger partial charge on any atom is -0.492 e. The molecule has 112 valence electrons. The highest BCUT2D eigenvalue weighted by molar-refractivity contribution is 7.13. The predicted molar refractivity (Wildman–Crippen MR) is 83.8 cm³/mol. The number of carboxylic acids is 1. The van der Waals surface area contributed by atoms with E-state index >= 15 is 0 Å². The molecule has 0 aliphatic heterocycles. The summed E-state index contributed by atoms with van der Waals surface area (Å²) in [6, 6.07) is 5.65. The third-order valence-corrected chi connectivity index (χ3v) is 4.43. The summed E-state index contributed by atoms with van der Waals surface area (Å²) in [5, 5.41) is 10.4. The van der Waals surface area contributed by atoms with Crippen molar-refractivity contribution in [3.05, 3.63) is 44.4 Å². The van der Waals surface area contributed by atoms with E-state index in [1.165, 1.54) is 11.3 Å². The lowest BCUT2D eigenvalue weighted by Crippen LogP contribution is -2.00. The first kappa shape index (κ1) is 15.8. The van der Waals surface area contributed by atoms with E-state index in [-0.39, 0.29) is 0 Å². The van der Waals surface area contributed by atoms with Crippen LogP contribution in [0.1, 0.15) is 32.4 Å². The Morgan fingerprint density at radius 3 is 2.86 bits per heavy atom. The zero-order valence-electron chi connectivity index (χ0n) is 11.9. The number of halogens is 1. The van der Waals surface area contributed by atoms with Gasteiger partial charge in [-0.2, -0.15) is 0 Å². The Morgan fingerprint density at radius 1 is 1.43 bits per heavy atom. The van der Waals surface area contributed by atoms with Gasteiger partial charge in [0.2, 0.25) is 0 Å². The molecule has 0 fully saturated rings. The summed E-state index contributed by atoms with van der Waals surface area (Å²) in [5.41, 5.74) is 1.67. The molecule has 0 amide bonds. The molecule has 0 unspecified atom stereocenters. The molecule has 1 aromatic carbocycles. The van der Waals surface area contributed by atoms with Gasteiger partial charge in [-0.15, -0.1) is 11.3 Å². The molecule has 4 nitrogen and oxygen atoms in total. The highest BCUT2D eigenvalue weighted by atomic mass is 35.5. The number of hydrogen-bond acceptors (Lipinski definition) is 4. The summed E-state index contributed by atoms with van der Waals surface area (Å²) in [7, 11) is 0. The number of nitrogens with zero attached hydrogens (tertiary/aromatic N) is 1. The molecule has 0 saturated carbocycles. The third kappa shape index (κ3) is 4.19. The summed E-state index contributed by atoms with van der Waals surface area (Å²) in [4.78, 5) is 15.5. The van der Waals surface area contributed by atoms with Crippen LogP contribution in [-0.2, 0) is 6.42 Å². The van der Waals surface area contributed by atoms with Gasteiger partial charge in [-0.1, -0.05) is 17.7 Å². The average molecular weight is 326 g/mol. The Balaban J connectivity index is 1.86. The molecule has 21 heavy (non-hydrogen) atoms. The number of carboxylic acid groups (broad SMARTS) is 1. The van der Waals surface area contributed by atoms with E-state index in [9.17, 15) is 4.79 Å². The monoisotopic (exact) mass is 325 g/mol. The second-order valence-electron chi connectivity index (χ2n) is 4.71. The van der Waals surface area contributed by atoms with E-state index in [1.807, 2.05) is 25.1 Å². The van der Waals surface area contributed by atoms with E-state index in [1.54, 1.807) is 6.92 Å². The Kier molecular flexibility index (Phi) is 5.20. The maximum Gasteiger partial charge on any atom is 0.347 e. The fraction of sp³-hybridized carbons (Fsp3) is 0.333. The Morgan fingerprint density at radius 2 is 2.19 bits per heavy atom. The van der Waals surface area contributed by atoms with Crippen LogP contribution in [0.15, 0.2) is 18.2 Å². The van der Waals surface area contributed by atoms with E-state index < -0.39 is 5.97 Å². The van der Waals surface area contributed by atoms with Crippen LogP contribution in [0, 0.1) is 13.8 Å². The zero-order valence-corrected chi connectivity index (χ0v) is 13.4. The van der Waals surface area contributed by atoms with Crippen molar-refractivity contribution in [1.29, 1.82) is 0 Å². The summed E-state index contributed by atoms with van der Waals surface area (Å²) in [5.74, 6) is -0.239. The highest BCUT2D eigenvalue weighted by Gasteiger charge is 2.13. The standard InChI is InChI=1S/C15H16ClNO3S/c1-9-5-6-11(16)12(8-9)20-7-3-4-13-17-10(2)14(21-13)15(18)19/h5-6,8H,3-4,7H2,1-2H3,(H,18,19). The quantitative estimate of drug-likeness (QED) is 0.811. The zero-order chi connectivity index (χ0) is 15.4. The number of ether oxygens (including phenoxy) is 1. The second kappa shape index (κ2) is 6.91. The van der Waals surface area contributed by atoms with Crippen LogP contribution >= 0.6 is 22.9 Å². The molecular weight excluding hydrogens is 310 g/mol. The van der Waals surface area contributed by atoms with Crippen LogP contribution in [-0.4, -0.2) is 22.7 Å². The van der Waals surface area contributed by atoms with Gasteiger partial charge < -0.3 is 9.84 Å². The van der Waals surface area contributed by atoms with Crippen LogP contribution in [0.25, 0.3) is 0 Å². The van der Waals surface area contributed by atoms with Gasteiger partial charge in [-0.3, -0.25) is 0 Å². The van der Waals surface area contributed by atoms with Crippen molar-refractivity contribution in [2.24, 2.45) is 0 Å². The number of rotatable bonds is 6. The minimum absolute atomic E-state index is 0.313. The minimum atomic E-state index is -0.918. The second-order valence-corrected chi connectivity index (χ2v) is 6.20. The van der Waals surface area contributed by atoms with Crippen molar-refractivity contribution in [2.75, 3.05) is 6.61 Å². The van der Waals surface area contributed by atoms with Crippen LogP contribution in [0.5, 0.6) is 5.75 Å². The van der Waals surface area contributed by atoms with Crippen molar-refractivity contribution >= 4 is 28.9 Å². The predicted octanol–water partition coefficient (Wildman–Crippen LogP) is 4.12. The molecule has 0 saturated heterocycles. The molecule has 2 rings (SSSR count). The molecule has 2 aromatic rings. The van der Waals surface area contributed by atoms with E-state index in [4.69, 9.17) is 21.4 Å². The molecule has 0 spiro atoms. The Labute approximate surface area is 132 Å². The van der Waals surface area contributed by atoms with E-state index in [0.717, 1.165) is 17.0 Å². The topological polar surface area (TPSA) is 59.4 Å². The fourth-order valence-electron chi connectivity index (χ4n) is 1.88. The van der Waals surface area contributed by atoms with Crippen LogP contribution < -0.4 is 4.74 Å². The maximum absolute atomic E-state index is 11.0. The van der Waals surface area contributed by atoms with Crippen LogP contribution in [0.2, 0.25) is 5.02 Å². The molecule has 1 aromatic heterocycles. The van der Waals surface area contributed by atoms with Gasteiger partial charge in [0.25, 0.3) is 0 Å². The first-order chi connectivity index (χ1) is 9.97. The lowest BCUT2D eigenvalue weighted by Gasteiger charge is -2.08. The average Bonchev–Trinajstić information content (AvgIpc) is 2.80. The molecule has 0 atom stereocenters. The lowest BCUT2D eigenvalue weighted by molar-refractivity contribution is 0.0701. The molecule has 0 bridgehead atoms. The van der Waals surface area contributed by atoms with Crippen molar-refractivity contribution < 1.29 is 14.6 Å². The van der Waals surface area contributed by atoms with Crippen LogP contribution in [0.4, 0.5) is 0 Å². The highest BCUT2D eigenvalue weighted by Crippen LogP contribution is 2.25. The van der Waals surface area contributed by atoms with Gasteiger partial charge in [0.1, 0.15) is 10.6 Å². The Hall–Kier alpha value is -1.59. The van der Waals surface area contributed by atoms with Gasteiger partial charge in [0.05, 0.1) is 22.3 Å². The maximum atomic E-state index is 11.0. The molecule has 1 N–H and O–H groups in total. The van der Waals surface area contributed by atoms with E-state index in [0.29, 0.717) is 34.4 Å². The SMILES string of the molecule is Cc1ccc(Cl)c(OCCCc2nc(C)c(C(=O)O)s2)c1. The number of thiazole rings is 1. The number of carbonyl (C=O) groups is 1. The third-order valence-electron chi connectivity index (χ3n) is 2.91. The number of hydrogen-bond donors (Lipinski definition) is 1. The first-order valence-electron chi connectivity index (χ1n) is 6.56. The number of aryl methyl sites for hydroxylation is 3. The summed E-state index contributed by atoms with van der Waals surface area (Å²) >= 11 is 7.28. The van der Waals surface area contributed by atoms with Gasteiger partial charge in [0.15, 0.2) is 0 Å². The summed E-state index contributed by atoms with van der Waals surface area (Å²) in [6.07, 6.45) is 1.46. The van der Waals surface area contributed by atoms with Crippen molar-refractivity contribution in [3.8, 4) is 5.75 Å². The summed E-state index contributed by atoms with van der Waals surface area (Å²) in [6.45, 7) is 4.21. The molecule has 0 aliphatic rings. The van der Waals surface area contributed by atoms with Crippen LogP contribution in [0.3, 0.4) is 0 Å². The molecular formula is C15H16ClNO3S. The van der Waals surface area contributed by atoms with Crippen molar-refractivity contribution in [2.45, 2.75) is 26.7 Å². The van der Waals surface area contributed by atoms with Gasteiger partial charge in [0, 0.05) is 6.42 Å². The normalized spacial score (nSPS) is 10.6. The molecule has 6 heteroatoms. The number of benzene rings is 1.